The highest BCUT2D eigenvalue weighted by atomic mass is 16.6. The number of nitrogens with one attached hydrogen (secondary N) is 1. The zero-order chi connectivity index (χ0) is 13.7. The maximum absolute atomic E-state index is 5.72. The summed E-state index contributed by atoms with van der Waals surface area (Å²) in [6, 6.07) is 6.28. The van der Waals surface area contributed by atoms with Crippen molar-refractivity contribution in [2.24, 2.45) is 0 Å². The fourth-order valence-electron chi connectivity index (χ4n) is 2.08. The number of hydrogen-bond acceptors (Lipinski definition) is 4. The van der Waals surface area contributed by atoms with Gasteiger partial charge in [0.05, 0.1) is 18.8 Å². The number of ether oxygens (including phenoxy) is 3. The van der Waals surface area contributed by atoms with Gasteiger partial charge in [0.25, 0.3) is 0 Å². The molecular formula is C15H23NO3. The lowest BCUT2D eigenvalue weighted by Crippen LogP contribution is -2.27. The van der Waals surface area contributed by atoms with Crippen LogP contribution in [-0.4, -0.2) is 32.5 Å². The molecule has 0 fully saturated rings. The van der Waals surface area contributed by atoms with Crippen molar-refractivity contribution >= 4 is 0 Å². The lowest BCUT2D eigenvalue weighted by Gasteiger charge is -2.23. The van der Waals surface area contributed by atoms with Gasteiger partial charge < -0.3 is 19.5 Å². The van der Waals surface area contributed by atoms with Crippen LogP contribution >= 0.6 is 0 Å². The molecule has 1 atom stereocenters. The first-order valence-electron chi connectivity index (χ1n) is 6.95. The molecule has 0 radical (unpaired) electrons. The molecule has 106 valence electrons. The monoisotopic (exact) mass is 265 g/mol. The Balaban J connectivity index is 2.11. The van der Waals surface area contributed by atoms with E-state index in [1.165, 1.54) is 5.56 Å². The van der Waals surface area contributed by atoms with E-state index in [9.17, 15) is 0 Å². The third-order valence-corrected chi connectivity index (χ3v) is 3.02. The molecular weight excluding hydrogens is 242 g/mol. The third kappa shape index (κ3) is 3.85. The molecule has 1 aliphatic rings. The first-order valence-corrected chi connectivity index (χ1v) is 6.95. The van der Waals surface area contributed by atoms with Gasteiger partial charge in [-0.3, -0.25) is 0 Å². The summed E-state index contributed by atoms with van der Waals surface area (Å²) in [6.07, 6.45) is 0.235. The molecule has 0 saturated carbocycles. The summed E-state index contributed by atoms with van der Waals surface area (Å²) in [5, 5.41) is 3.44. The van der Waals surface area contributed by atoms with Crippen molar-refractivity contribution < 1.29 is 14.2 Å². The maximum atomic E-state index is 5.72. The number of hydrogen-bond donors (Lipinski definition) is 1. The Morgan fingerprint density at radius 2 is 1.95 bits per heavy atom. The van der Waals surface area contributed by atoms with Crippen LogP contribution in [0.5, 0.6) is 11.5 Å². The minimum Gasteiger partial charge on any atom is -0.486 e. The second-order valence-corrected chi connectivity index (χ2v) is 4.90. The van der Waals surface area contributed by atoms with Gasteiger partial charge in [-0.05, 0) is 38.1 Å². The molecule has 0 saturated heterocycles. The summed E-state index contributed by atoms with van der Waals surface area (Å²) in [5.74, 6) is 1.66. The molecule has 1 aromatic carbocycles. The Kier molecular flexibility index (Phi) is 5.05. The predicted molar refractivity (Wildman–Crippen MR) is 74.9 cm³/mol. The van der Waals surface area contributed by atoms with Gasteiger partial charge in [-0.2, -0.15) is 0 Å². The molecule has 1 aromatic rings. The van der Waals surface area contributed by atoms with Crippen LogP contribution in [0.15, 0.2) is 18.2 Å². The Morgan fingerprint density at radius 3 is 2.63 bits per heavy atom. The Hall–Kier alpha value is -1.26. The predicted octanol–water partition coefficient (Wildman–Crippen LogP) is 2.53. The van der Waals surface area contributed by atoms with E-state index in [1.807, 2.05) is 26.0 Å². The van der Waals surface area contributed by atoms with E-state index < -0.39 is 0 Å². The Bertz CT molecular complexity index is 406. The molecule has 0 aliphatic carbocycles. The Labute approximate surface area is 115 Å². The Morgan fingerprint density at radius 1 is 1.21 bits per heavy atom. The first-order chi connectivity index (χ1) is 9.20. The van der Waals surface area contributed by atoms with E-state index >= 15 is 0 Å². The zero-order valence-corrected chi connectivity index (χ0v) is 11.9. The molecule has 1 unspecified atom stereocenters. The van der Waals surface area contributed by atoms with Crippen LogP contribution in [0, 0.1) is 0 Å². The molecule has 4 heteroatoms. The van der Waals surface area contributed by atoms with Gasteiger partial charge in [0.1, 0.15) is 13.2 Å². The molecule has 19 heavy (non-hydrogen) atoms. The average molecular weight is 265 g/mol. The van der Waals surface area contributed by atoms with Crippen molar-refractivity contribution in [2.75, 3.05) is 26.4 Å². The van der Waals surface area contributed by atoms with Crippen LogP contribution < -0.4 is 14.8 Å². The largest absolute Gasteiger partial charge is 0.486 e. The van der Waals surface area contributed by atoms with Crippen molar-refractivity contribution in [3.63, 3.8) is 0 Å². The van der Waals surface area contributed by atoms with E-state index in [0.29, 0.717) is 19.8 Å². The van der Waals surface area contributed by atoms with E-state index in [-0.39, 0.29) is 12.1 Å². The smallest absolute Gasteiger partial charge is 0.161 e. The summed E-state index contributed by atoms with van der Waals surface area (Å²) in [4.78, 5) is 0. The van der Waals surface area contributed by atoms with Gasteiger partial charge in [0, 0.05) is 0 Å². The second kappa shape index (κ2) is 6.78. The third-order valence-electron chi connectivity index (χ3n) is 3.02. The molecule has 0 spiro atoms. The van der Waals surface area contributed by atoms with Crippen LogP contribution in [-0.2, 0) is 4.74 Å². The summed E-state index contributed by atoms with van der Waals surface area (Å²) in [5.41, 5.74) is 1.17. The number of fused-ring (bicyclic) bond motifs is 1. The molecule has 2 rings (SSSR count). The van der Waals surface area contributed by atoms with Crippen LogP contribution in [0.25, 0.3) is 0 Å². The maximum Gasteiger partial charge on any atom is 0.161 e. The van der Waals surface area contributed by atoms with Gasteiger partial charge in [-0.1, -0.05) is 13.0 Å². The highest BCUT2D eigenvalue weighted by molar-refractivity contribution is 5.44. The van der Waals surface area contributed by atoms with Gasteiger partial charge in [-0.15, -0.1) is 0 Å². The van der Waals surface area contributed by atoms with Gasteiger partial charge in [0.2, 0.25) is 0 Å². The summed E-state index contributed by atoms with van der Waals surface area (Å²) in [7, 11) is 0. The quantitative estimate of drug-likeness (QED) is 0.858. The highest BCUT2D eigenvalue weighted by Crippen LogP contribution is 2.32. The normalized spacial score (nSPS) is 15.6. The standard InChI is InChI=1S/C15H23NO3/c1-4-16-13(10-19-11(2)3)12-5-6-14-15(9-12)18-8-7-17-14/h5-6,9,11,13,16H,4,7-8,10H2,1-3H3. The minimum atomic E-state index is 0.184. The highest BCUT2D eigenvalue weighted by Gasteiger charge is 2.17. The molecule has 4 nitrogen and oxygen atoms in total. The fourth-order valence-corrected chi connectivity index (χ4v) is 2.08. The number of likely N-dealkylation sites (N-methyl/N-ethyl adjacent to an activating group) is 1. The van der Waals surface area contributed by atoms with Crippen molar-refractivity contribution in [3.8, 4) is 11.5 Å². The number of rotatable bonds is 6. The minimum absolute atomic E-state index is 0.184. The van der Waals surface area contributed by atoms with Gasteiger partial charge >= 0.3 is 0 Å². The molecule has 1 heterocycles. The van der Waals surface area contributed by atoms with Crippen LogP contribution in [0.2, 0.25) is 0 Å². The van der Waals surface area contributed by atoms with E-state index in [4.69, 9.17) is 14.2 Å². The van der Waals surface area contributed by atoms with Crippen molar-refractivity contribution in [2.45, 2.75) is 32.9 Å². The van der Waals surface area contributed by atoms with Crippen LogP contribution in [0.3, 0.4) is 0 Å². The van der Waals surface area contributed by atoms with Crippen LogP contribution in [0.4, 0.5) is 0 Å². The molecule has 1 N–H and O–H groups in total. The molecule has 0 aromatic heterocycles. The molecule has 0 bridgehead atoms. The number of benzene rings is 1. The second-order valence-electron chi connectivity index (χ2n) is 4.90. The van der Waals surface area contributed by atoms with E-state index in [2.05, 4.69) is 18.3 Å². The topological polar surface area (TPSA) is 39.7 Å². The average Bonchev–Trinajstić information content (AvgIpc) is 2.42. The lowest BCUT2D eigenvalue weighted by atomic mass is 10.1. The van der Waals surface area contributed by atoms with E-state index in [1.54, 1.807) is 0 Å². The summed E-state index contributed by atoms with van der Waals surface area (Å²) in [6.45, 7) is 9.00. The molecule has 1 aliphatic heterocycles. The van der Waals surface area contributed by atoms with Crippen molar-refractivity contribution in [1.29, 1.82) is 0 Å². The summed E-state index contributed by atoms with van der Waals surface area (Å²) < 4.78 is 16.9. The van der Waals surface area contributed by atoms with Gasteiger partial charge in [-0.25, -0.2) is 0 Å². The SMILES string of the molecule is CCNC(COC(C)C)c1ccc2c(c1)OCCO2. The fraction of sp³-hybridized carbons (Fsp3) is 0.600. The van der Waals surface area contributed by atoms with Crippen molar-refractivity contribution in [3.05, 3.63) is 23.8 Å². The lowest BCUT2D eigenvalue weighted by molar-refractivity contribution is 0.0613. The van der Waals surface area contributed by atoms with Crippen LogP contribution in [0.1, 0.15) is 32.4 Å². The summed E-state index contributed by atoms with van der Waals surface area (Å²) >= 11 is 0. The van der Waals surface area contributed by atoms with Gasteiger partial charge in [0.15, 0.2) is 11.5 Å². The zero-order valence-electron chi connectivity index (χ0n) is 11.9. The van der Waals surface area contributed by atoms with Crippen molar-refractivity contribution in [1.82, 2.24) is 5.32 Å². The first kappa shape index (κ1) is 14.2. The van der Waals surface area contributed by atoms with E-state index in [0.717, 1.165) is 18.0 Å². The molecule has 0 amide bonds.